The minimum Gasteiger partial charge on any atom is -0.492 e. The first kappa shape index (κ1) is 23.7. The maximum Gasteiger partial charge on any atom is 0.269 e. The number of hydrogen-bond acceptors (Lipinski definition) is 4. The highest BCUT2D eigenvalue weighted by Crippen LogP contribution is 2.26. The second kappa shape index (κ2) is 12.2. The number of amides is 3. The van der Waals surface area contributed by atoms with Crippen molar-refractivity contribution in [3.8, 4) is 5.75 Å². The van der Waals surface area contributed by atoms with Crippen molar-refractivity contribution in [2.24, 2.45) is 0 Å². The van der Waals surface area contributed by atoms with Gasteiger partial charge >= 0.3 is 0 Å². The van der Waals surface area contributed by atoms with Crippen molar-refractivity contribution in [3.63, 3.8) is 0 Å². The van der Waals surface area contributed by atoms with Crippen LogP contribution in [0.15, 0.2) is 46.9 Å². The summed E-state index contributed by atoms with van der Waals surface area (Å²) in [6.07, 6.45) is 1.82. The average Bonchev–Trinajstić information content (AvgIpc) is 2.73. The van der Waals surface area contributed by atoms with Gasteiger partial charge in [0, 0.05) is 18.4 Å². The fourth-order valence-corrected chi connectivity index (χ4v) is 3.03. The molecule has 2 aromatic rings. The van der Waals surface area contributed by atoms with Crippen molar-refractivity contribution in [1.82, 2.24) is 10.9 Å². The number of ether oxygens (including phenoxy) is 1. The van der Waals surface area contributed by atoms with Gasteiger partial charge in [-0.15, -0.1) is 0 Å². The molecule has 0 radical (unpaired) electrons. The van der Waals surface area contributed by atoms with Gasteiger partial charge in [-0.2, -0.15) is 0 Å². The summed E-state index contributed by atoms with van der Waals surface area (Å²) in [5.74, 6) is -0.679. The number of carbonyl (C=O) groups is 3. The monoisotopic (exact) mass is 495 g/mol. The predicted molar refractivity (Wildman–Crippen MR) is 119 cm³/mol. The quantitative estimate of drug-likeness (QED) is 0.353. The van der Waals surface area contributed by atoms with Crippen LogP contribution in [0.2, 0.25) is 5.02 Å². The molecule has 0 spiro atoms. The van der Waals surface area contributed by atoms with Crippen molar-refractivity contribution in [3.05, 3.63) is 57.5 Å². The topological polar surface area (TPSA) is 96.5 Å². The van der Waals surface area contributed by atoms with Crippen molar-refractivity contribution < 1.29 is 19.1 Å². The van der Waals surface area contributed by atoms with E-state index >= 15 is 0 Å². The number of rotatable bonds is 9. The number of carbonyl (C=O) groups excluding carboxylic acids is 3. The zero-order valence-electron chi connectivity index (χ0n) is 16.5. The molecule has 0 aromatic heterocycles. The lowest BCUT2D eigenvalue weighted by Gasteiger charge is -2.11. The highest BCUT2D eigenvalue weighted by molar-refractivity contribution is 9.10. The molecule has 0 unspecified atom stereocenters. The van der Waals surface area contributed by atoms with Crippen LogP contribution >= 0.6 is 27.5 Å². The lowest BCUT2D eigenvalue weighted by Crippen LogP contribution is -2.41. The SMILES string of the molecule is CCCCOc1ccc(C(=O)NNC(=O)CCC(=O)Nc2ccccc2Cl)cc1Br. The Bertz CT molecular complexity index is 908. The lowest BCUT2D eigenvalue weighted by molar-refractivity contribution is -0.124. The number of hydrogen-bond donors (Lipinski definition) is 3. The normalized spacial score (nSPS) is 10.2. The molecule has 0 atom stereocenters. The average molecular weight is 497 g/mol. The Labute approximate surface area is 188 Å². The van der Waals surface area contributed by atoms with E-state index in [2.05, 4.69) is 39.0 Å². The molecule has 3 amide bonds. The maximum absolute atomic E-state index is 12.2. The second-order valence-corrected chi connectivity index (χ2v) is 7.64. The second-order valence-electron chi connectivity index (χ2n) is 6.38. The smallest absolute Gasteiger partial charge is 0.269 e. The Morgan fingerprint density at radius 1 is 1.03 bits per heavy atom. The summed E-state index contributed by atoms with van der Waals surface area (Å²) in [4.78, 5) is 36.1. The minimum absolute atomic E-state index is 0.0533. The van der Waals surface area contributed by atoms with E-state index in [0.717, 1.165) is 12.8 Å². The first-order chi connectivity index (χ1) is 14.4. The Hall–Kier alpha value is -2.58. The van der Waals surface area contributed by atoms with E-state index < -0.39 is 11.8 Å². The van der Waals surface area contributed by atoms with Gasteiger partial charge in [0.1, 0.15) is 5.75 Å². The third-order valence-corrected chi connectivity index (χ3v) is 4.94. The van der Waals surface area contributed by atoms with Crippen molar-refractivity contribution in [2.75, 3.05) is 11.9 Å². The highest BCUT2D eigenvalue weighted by atomic mass is 79.9. The van der Waals surface area contributed by atoms with Gasteiger partial charge < -0.3 is 10.1 Å². The van der Waals surface area contributed by atoms with E-state index in [1.165, 1.54) is 0 Å². The zero-order chi connectivity index (χ0) is 21.9. The summed E-state index contributed by atoms with van der Waals surface area (Å²) in [5, 5.41) is 3.04. The molecule has 2 rings (SSSR count). The van der Waals surface area contributed by atoms with Gasteiger partial charge in [-0.1, -0.05) is 37.1 Å². The van der Waals surface area contributed by atoms with E-state index in [0.29, 0.717) is 33.1 Å². The van der Waals surface area contributed by atoms with E-state index in [1.807, 2.05) is 0 Å². The van der Waals surface area contributed by atoms with Crippen LogP contribution in [0.25, 0.3) is 0 Å². The van der Waals surface area contributed by atoms with Gasteiger partial charge in [-0.25, -0.2) is 0 Å². The van der Waals surface area contributed by atoms with Gasteiger partial charge in [0.2, 0.25) is 11.8 Å². The van der Waals surface area contributed by atoms with E-state index in [4.69, 9.17) is 16.3 Å². The molecule has 160 valence electrons. The third kappa shape index (κ3) is 7.68. The molecule has 2 aromatic carbocycles. The first-order valence-electron chi connectivity index (χ1n) is 9.46. The number of anilines is 1. The van der Waals surface area contributed by atoms with Crippen LogP contribution in [0.5, 0.6) is 5.75 Å². The minimum atomic E-state index is -0.490. The maximum atomic E-state index is 12.2. The van der Waals surface area contributed by atoms with E-state index in [9.17, 15) is 14.4 Å². The molecule has 30 heavy (non-hydrogen) atoms. The zero-order valence-corrected chi connectivity index (χ0v) is 18.8. The van der Waals surface area contributed by atoms with Crippen molar-refractivity contribution >= 4 is 50.9 Å². The van der Waals surface area contributed by atoms with Gasteiger partial charge in [0.05, 0.1) is 21.8 Å². The Kier molecular flexibility index (Phi) is 9.63. The molecule has 0 bridgehead atoms. The summed E-state index contributed by atoms with van der Waals surface area (Å²) in [6.45, 7) is 2.67. The predicted octanol–water partition coefficient (Wildman–Crippen LogP) is 4.46. The molecule has 7 nitrogen and oxygen atoms in total. The summed E-state index contributed by atoms with van der Waals surface area (Å²) >= 11 is 9.35. The molecule has 0 fully saturated rings. The molecule has 0 aliphatic rings. The highest BCUT2D eigenvalue weighted by Gasteiger charge is 2.12. The van der Waals surface area contributed by atoms with Crippen LogP contribution in [0.4, 0.5) is 5.69 Å². The van der Waals surface area contributed by atoms with Crippen LogP contribution in [0.1, 0.15) is 43.0 Å². The fourth-order valence-electron chi connectivity index (χ4n) is 2.35. The molecule has 0 saturated heterocycles. The summed E-state index contributed by atoms with van der Waals surface area (Å²) in [5.41, 5.74) is 5.45. The Balaban J connectivity index is 1.76. The summed E-state index contributed by atoms with van der Waals surface area (Å²) < 4.78 is 6.27. The Morgan fingerprint density at radius 2 is 1.77 bits per heavy atom. The van der Waals surface area contributed by atoms with Gasteiger partial charge in [-0.05, 0) is 52.7 Å². The van der Waals surface area contributed by atoms with Crippen LogP contribution in [-0.4, -0.2) is 24.3 Å². The van der Waals surface area contributed by atoms with Crippen LogP contribution in [0.3, 0.4) is 0 Å². The summed E-state index contributed by atoms with van der Waals surface area (Å²) in [6, 6.07) is 11.7. The van der Waals surface area contributed by atoms with Gasteiger partial charge in [-0.3, -0.25) is 25.2 Å². The van der Waals surface area contributed by atoms with Crippen LogP contribution in [0, 0.1) is 0 Å². The van der Waals surface area contributed by atoms with E-state index in [1.54, 1.807) is 42.5 Å². The molecule has 0 saturated carbocycles. The molecule has 0 aliphatic heterocycles. The molecular weight excluding hydrogens is 474 g/mol. The van der Waals surface area contributed by atoms with Gasteiger partial charge in [0.25, 0.3) is 5.91 Å². The standard InChI is InChI=1S/C21H23BrClN3O4/c1-2-3-12-30-18-9-8-14(13-15(18)22)21(29)26-25-20(28)11-10-19(27)24-17-7-5-4-6-16(17)23/h4-9,13H,2-3,10-12H2,1H3,(H,24,27)(H,25,28)(H,26,29). The summed E-state index contributed by atoms with van der Waals surface area (Å²) in [7, 11) is 0. The first-order valence-corrected chi connectivity index (χ1v) is 10.6. The molecule has 0 heterocycles. The van der Waals surface area contributed by atoms with Gasteiger partial charge in [0.15, 0.2) is 0 Å². The molecular formula is C21H23BrClN3O4. The Morgan fingerprint density at radius 3 is 2.47 bits per heavy atom. The lowest BCUT2D eigenvalue weighted by atomic mass is 10.2. The fraction of sp³-hybridized carbons (Fsp3) is 0.286. The van der Waals surface area contributed by atoms with Crippen molar-refractivity contribution in [2.45, 2.75) is 32.6 Å². The third-order valence-electron chi connectivity index (χ3n) is 3.99. The van der Waals surface area contributed by atoms with E-state index in [-0.39, 0.29) is 18.7 Å². The number of benzene rings is 2. The number of unbranched alkanes of at least 4 members (excludes halogenated alkanes) is 1. The van der Waals surface area contributed by atoms with Crippen molar-refractivity contribution in [1.29, 1.82) is 0 Å². The molecule has 3 N–H and O–H groups in total. The number of para-hydroxylation sites is 1. The van der Waals surface area contributed by atoms with Crippen LogP contribution < -0.4 is 20.9 Å². The number of nitrogens with one attached hydrogen (secondary N) is 3. The molecule has 0 aliphatic carbocycles. The van der Waals surface area contributed by atoms with Crippen LogP contribution in [-0.2, 0) is 9.59 Å². The molecule has 9 heteroatoms. The number of halogens is 2. The number of hydrazine groups is 1. The largest absolute Gasteiger partial charge is 0.492 e.